The first-order chi connectivity index (χ1) is 9.78. The summed E-state index contributed by atoms with van der Waals surface area (Å²) >= 11 is 0. The molecule has 1 atom stereocenters. The summed E-state index contributed by atoms with van der Waals surface area (Å²) in [7, 11) is 0. The molecule has 1 aromatic heterocycles. The van der Waals surface area contributed by atoms with Crippen molar-refractivity contribution in [3.8, 4) is 0 Å². The summed E-state index contributed by atoms with van der Waals surface area (Å²) in [6.07, 6.45) is 4.94. The number of fused-ring (bicyclic) bond motifs is 1. The smallest absolute Gasteiger partial charge is 0.165 e. The highest BCUT2D eigenvalue weighted by Crippen LogP contribution is 2.28. The van der Waals surface area contributed by atoms with Crippen molar-refractivity contribution in [2.75, 3.05) is 6.61 Å². The molecule has 4 heteroatoms. The number of hydrogen-bond donors (Lipinski definition) is 0. The Kier molecular flexibility index (Phi) is 3.65. The van der Waals surface area contributed by atoms with E-state index in [1.54, 1.807) is 10.9 Å². The van der Waals surface area contributed by atoms with Gasteiger partial charge in [-0.25, -0.2) is 0 Å². The van der Waals surface area contributed by atoms with Crippen molar-refractivity contribution in [1.82, 2.24) is 9.78 Å². The predicted molar refractivity (Wildman–Crippen MR) is 75.7 cm³/mol. The molecule has 0 spiro atoms. The molecule has 0 bridgehead atoms. The molecule has 1 aliphatic rings. The first kappa shape index (κ1) is 13.1. The van der Waals surface area contributed by atoms with Crippen molar-refractivity contribution in [2.45, 2.75) is 32.4 Å². The van der Waals surface area contributed by atoms with Gasteiger partial charge >= 0.3 is 0 Å². The van der Waals surface area contributed by atoms with Gasteiger partial charge in [0.05, 0.1) is 24.9 Å². The summed E-state index contributed by atoms with van der Waals surface area (Å²) < 4.78 is 7.66. The average Bonchev–Trinajstić information content (AvgIpc) is 2.95. The fourth-order valence-corrected chi connectivity index (χ4v) is 2.61. The molecule has 0 aliphatic carbocycles. The van der Waals surface area contributed by atoms with Crippen molar-refractivity contribution in [3.05, 3.63) is 53.3 Å². The van der Waals surface area contributed by atoms with Crippen LogP contribution in [0.4, 0.5) is 0 Å². The van der Waals surface area contributed by atoms with Crippen molar-refractivity contribution >= 4 is 5.78 Å². The molecular formula is C16H18N2O2. The van der Waals surface area contributed by atoms with Crippen LogP contribution in [0.15, 0.2) is 36.7 Å². The Bertz CT molecular complexity index is 618. The summed E-state index contributed by atoms with van der Waals surface area (Å²) in [5, 5.41) is 4.27. The van der Waals surface area contributed by atoms with Gasteiger partial charge in [-0.2, -0.15) is 5.10 Å². The summed E-state index contributed by atoms with van der Waals surface area (Å²) in [6, 6.07) is 8.36. The fraction of sp³-hybridized carbons (Fsp3) is 0.375. The number of carbonyl (C=O) groups is 1. The van der Waals surface area contributed by atoms with E-state index in [4.69, 9.17) is 4.74 Å². The third-order valence-corrected chi connectivity index (χ3v) is 3.72. The monoisotopic (exact) mass is 270 g/mol. The number of carbonyl (C=O) groups excluding carboxylic acids is 1. The Morgan fingerprint density at radius 2 is 2.30 bits per heavy atom. The van der Waals surface area contributed by atoms with Gasteiger partial charge in [-0.15, -0.1) is 0 Å². The highest BCUT2D eigenvalue weighted by Gasteiger charge is 2.21. The number of Topliss-reactive ketones (excluding diaryl/α,β-unsaturated/α-hetero) is 1. The van der Waals surface area contributed by atoms with Gasteiger partial charge in [0.1, 0.15) is 6.10 Å². The quantitative estimate of drug-likeness (QED) is 0.802. The molecule has 1 aliphatic heterocycles. The second-order valence-corrected chi connectivity index (χ2v) is 5.04. The number of benzene rings is 1. The van der Waals surface area contributed by atoms with Crippen LogP contribution in [0.5, 0.6) is 0 Å². The van der Waals surface area contributed by atoms with Crippen molar-refractivity contribution in [2.24, 2.45) is 0 Å². The van der Waals surface area contributed by atoms with Crippen LogP contribution >= 0.6 is 0 Å². The van der Waals surface area contributed by atoms with E-state index in [9.17, 15) is 4.79 Å². The topological polar surface area (TPSA) is 44.1 Å². The number of rotatable bonds is 4. The molecule has 2 heterocycles. The molecule has 0 saturated carbocycles. The Morgan fingerprint density at radius 1 is 1.45 bits per heavy atom. The van der Waals surface area contributed by atoms with Gasteiger partial charge < -0.3 is 4.74 Å². The summed E-state index contributed by atoms with van der Waals surface area (Å²) in [5.74, 6) is 0.126. The molecule has 20 heavy (non-hydrogen) atoms. The number of ketones is 1. The Morgan fingerprint density at radius 3 is 3.15 bits per heavy atom. The fourth-order valence-electron chi connectivity index (χ4n) is 2.61. The third kappa shape index (κ3) is 2.51. The zero-order valence-corrected chi connectivity index (χ0v) is 11.6. The highest BCUT2D eigenvalue weighted by atomic mass is 16.5. The van der Waals surface area contributed by atoms with E-state index in [0.29, 0.717) is 18.5 Å². The van der Waals surface area contributed by atoms with E-state index in [-0.39, 0.29) is 11.9 Å². The Balaban J connectivity index is 1.79. The number of hydrogen-bond acceptors (Lipinski definition) is 3. The SMILES string of the molecule is CCC(=O)c1cnn(CC2OCCc3ccccc32)c1. The maximum Gasteiger partial charge on any atom is 0.165 e. The predicted octanol–water partition coefficient (Wildman–Crippen LogP) is 2.79. The largest absolute Gasteiger partial charge is 0.371 e. The van der Waals surface area contributed by atoms with E-state index in [0.717, 1.165) is 13.0 Å². The lowest BCUT2D eigenvalue weighted by atomic mass is 9.98. The van der Waals surface area contributed by atoms with E-state index >= 15 is 0 Å². The lowest BCUT2D eigenvalue weighted by Crippen LogP contribution is -2.20. The normalized spacial score (nSPS) is 17.8. The minimum Gasteiger partial charge on any atom is -0.371 e. The second-order valence-electron chi connectivity index (χ2n) is 5.04. The van der Waals surface area contributed by atoms with Crippen LogP contribution in [0.3, 0.4) is 0 Å². The van der Waals surface area contributed by atoms with E-state index in [2.05, 4.69) is 23.3 Å². The Labute approximate surface area is 118 Å². The molecule has 0 radical (unpaired) electrons. The van der Waals surface area contributed by atoms with Crippen molar-refractivity contribution in [3.63, 3.8) is 0 Å². The van der Waals surface area contributed by atoms with E-state index in [1.807, 2.05) is 19.2 Å². The third-order valence-electron chi connectivity index (χ3n) is 3.72. The van der Waals surface area contributed by atoms with Gasteiger partial charge in [-0.1, -0.05) is 31.2 Å². The number of nitrogens with zero attached hydrogens (tertiary/aromatic N) is 2. The van der Waals surface area contributed by atoms with E-state index in [1.165, 1.54) is 11.1 Å². The zero-order valence-electron chi connectivity index (χ0n) is 11.6. The lowest BCUT2D eigenvalue weighted by molar-refractivity contribution is 0.0283. The molecule has 0 fully saturated rings. The van der Waals surface area contributed by atoms with Gasteiger partial charge in [0.25, 0.3) is 0 Å². The van der Waals surface area contributed by atoms with Gasteiger partial charge in [0.15, 0.2) is 5.78 Å². The van der Waals surface area contributed by atoms with Crippen LogP contribution in [0.1, 0.15) is 40.9 Å². The van der Waals surface area contributed by atoms with Crippen LogP contribution in [-0.2, 0) is 17.7 Å². The molecule has 0 saturated heterocycles. The van der Waals surface area contributed by atoms with Gasteiger partial charge in [-0.3, -0.25) is 9.48 Å². The summed E-state index contributed by atoms with van der Waals surface area (Å²) in [6.45, 7) is 3.25. The minimum absolute atomic E-state index is 0.0180. The molecule has 2 aromatic rings. The minimum atomic E-state index is 0.0180. The van der Waals surface area contributed by atoms with Gasteiger partial charge in [-0.05, 0) is 17.5 Å². The molecule has 1 aromatic carbocycles. The maximum absolute atomic E-state index is 11.6. The van der Waals surface area contributed by atoms with Gasteiger partial charge in [0, 0.05) is 12.6 Å². The number of ether oxygens (including phenoxy) is 1. The molecular weight excluding hydrogens is 252 g/mol. The molecule has 104 valence electrons. The first-order valence-corrected chi connectivity index (χ1v) is 7.03. The lowest BCUT2D eigenvalue weighted by Gasteiger charge is -2.25. The van der Waals surface area contributed by atoms with E-state index < -0.39 is 0 Å². The van der Waals surface area contributed by atoms with Crippen molar-refractivity contribution in [1.29, 1.82) is 0 Å². The highest BCUT2D eigenvalue weighted by molar-refractivity contribution is 5.95. The standard InChI is InChI=1S/C16H18N2O2/c1-2-15(19)13-9-17-18(10-13)11-16-14-6-4-3-5-12(14)7-8-20-16/h3-6,9-10,16H,2,7-8,11H2,1H3. The van der Waals surface area contributed by atoms with Gasteiger partial charge in [0.2, 0.25) is 0 Å². The molecule has 3 rings (SSSR count). The zero-order chi connectivity index (χ0) is 13.9. The summed E-state index contributed by atoms with van der Waals surface area (Å²) in [5.41, 5.74) is 3.26. The van der Waals surface area contributed by atoms with Crippen molar-refractivity contribution < 1.29 is 9.53 Å². The summed E-state index contributed by atoms with van der Waals surface area (Å²) in [4.78, 5) is 11.6. The maximum atomic E-state index is 11.6. The molecule has 4 nitrogen and oxygen atoms in total. The first-order valence-electron chi connectivity index (χ1n) is 7.03. The molecule has 0 N–H and O–H groups in total. The Hall–Kier alpha value is -1.94. The van der Waals surface area contributed by atoms with Crippen LogP contribution < -0.4 is 0 Å². The van der Waals surface area contributed by atoms with Crippen LogP contribution in [0.2, 0.25) is 0 Å². The van der Waals surface area contributed by atoms with Crippen LogP contribution in [0.25, 0.3) is 0 Å². The average molecular weight is 270 g/mol. The molecule has 0 amide bonds. The molecule has 1 unspecified atom stereocenters. The second kappa shape index (κ2) is 5.59. The number of aromatic nitrogens is 2. The van der Waals surface area contributed by atoms with Crippen LogP contribution in [0, 0.1) is 0 Å². The van der Waals surface area contributed by atoms with Crippen LogP contribution in [-0.4, -0.2) is 22.2 Å².